The van der Waals surface area contributed by atoms with Crippen molar-refractivity contribution in [3.05, 3.63) is 18.2 Å². The molecule has 1 aliphatic carbocycles. The van der Waals surface area contributed by atoms with E-state index in [-0.39, 0.29) is 0 Å². The van der Waals surface area contributed by atoms with Gasteiger partial charge in [0, 0.05) is 31.4 Å². The summed E-state index contributed by atoms with van der Waals surface area (Å²) in [5, 5.41) is 0. The first-order valence-corrected chi connectivity index (χ1v) is 7.07. The lowest BCUT2D eigenvalue weighted by Gasteiger charge is -2.28. The van der Waals surface area contributed by atoms with Crippen molar-refractivity contribution >= 4 is 0 Å². The second kappa shape index (κ2) is 6.20. The molecule has 1 aromatic heterocycles. The first-order chi connectivity index (χ1) is 8.31. The van der Waals surface area contributed by atoms with Crippen LogP contribution in [0.1, 0.15) is 51.3 Å². The molecule has 0 aromatic carbocycles. The van der Waals surface area contributed by atoms with E-state index in [1.807, 2.05) is 6.20 Å². The van der Waals surface area contributed by atoms with E-state index >= 15 is 0 Å². The molecule has 2 rings (SSSR count). The maximum absolute atomic E-state index is 6.36. The highest BCUT2D eigenvalue weighted by molar-refractivity contribution is 4.94. The molecule has 17 heavy (non-hydrogen) atoms. The number of imidazole rings is 1. The SMILES string of the molecule is CCCc1nccn1CC(N)C1CCCCC1. The Bertz CT molecular complexity index is 326. The average molecular weight is 235 g/mol. The Morgan fingerprint density at radius 1 is 1.41 bits per heavy atom. The van der Waals surface area contributed by atoms with Crippen LogP contribution in [0.4, 0.5) is 0 Å². The van der Waals surface area contributed by atoms with Gasteiger partial charge in [-0.25, -0.2) is 4.98 Å². The molecule has 1 fully saturated rings. The summed E-state index contributed by atoms with van der Waals surface area (Å²) < 4.78 is 2.25. The highest BCUT2D eigenvalue weighted by Gasteiger charge is 2.21. The molecule has 2 N–H and O–H groups in total. The van der Waals surface area contributed by atoms with Crippen molar-refractivity contribution < 1.29 is 0 Å². The van der Waals surface area contributed by atoms with Crippen molar-refractivity contribution in [1.29, 1.82) is 0 Å². The maximum atomic E-state index is 6.36. The van der Waals surface area contributed by atoms with E-state index < -0.39 is 0 Å². The fraction of sp³-hybridized carbons (Fsp3) is 0.786. The Labute approximate surface area is 104 Å². The molecule has 0 bridgehead atoms. The quantitative estimate of drug-likeness (QED) is 0.853. The monoisotopic (exact) mass is 235 g/mol. The molecule has 1 saturated carbocycles. The van der Waals surface area contributed by atoms with E-state index in [2.05, 4.69) is 22.7 Å². The summed E-state index contributed by atoms with van der Waals surface area (Å²) in [6, 6.07) is 0.306. The fourth-order valence-electron chi connectivity index (χ4n) is 2.90. The van der Waals surface area contributed by atoms with Gasteiger partial charge in [0.05, 0.1) is 0 Å². The summed E-state index contributed by atoms with van der Waals surface area (Å²) in [7, 11) is 0. The molecule has 0 aliphatic heterocycles. The fourth-order valence-corrected chi connectivity index (χ4v) is 2.90. The van der Waals surface area contributed by atoms with Crippen LogP contribution in [0.2, 0.25) is 0 Å². The number of aromatic nitrogens is 2. The van der Waals surface area contributed by atoms with Crippen LogP contribution in [0.3, 0.4) is 0 Å². The van der Waals surface area contributed by atoms with Crippen molar-refractivity contribution in [2.75, 3.05) is 0 Å². The molecule has 1 unspecified atom stereocenters. The second-order valence-electron chi connectivity index (χ2n) is 5.31. The van der Waals surface area contributed by atoms with Gasteiger partial charge >= 0.3 is 0 Å². The van der Waals surface area contributed by atoms with Crippen molar-refractivity contribution in [3.8, 4) is 0 Å². The van der Waals surface area contributed by atoms with Crippen LogP contribution in [-0.4, -0.2) is 15.6 Å². The van der Waals surface area contributed by atoms with Gasteiger partial charge in [0.1, 0.15) is 5.82 Å². The molecule has 0 radical (unpaired) electrons. The first kappa shape index (κ1) is 12.6. The molecule has 1 atom stereocenters. The molecule has 1 aromatic rings. The van der Waals surface area contributed by atoms with E-state index in [1.54, 1.807) is 0 Å². The molecule has 3 nitrogen and oxygen atoms in total. The Morgan fingerprint density at radius 3 is 2.88 bits per heavy atom. The van der Waals surface area contributed by atoms with E-state index in [0.717, 1.165) is 25.3 Å². The number of nitrogens with two attached hydrogens (primary N) is 1. The predicted octanol–water partition coefficient (Wildman–Crippen LogP) is 2.74. The molecule has 1 aliphatic rings. The summed E-state index contributed by atoms with van der Waals surface area (Å²) in [5.74, 6) is 1.92. The third-order valence-corrected chi connectivity index (χ3v) is 3.94. The lowest BCUT2D eigenvalue weighted by molar-refractivity contribution is 0.283. The predicted molar refractivity (Wildman–Crippen MR) is 70.8 cm³/mol. The minimum Gasteiger partial charge on any atom is -0.333 e. The lowest BCUT2D eigenvalue weighted by Crippen LogP contribution is -2.35. The summed E-state index contributed by atoms with van der Waals surface area (Å²) >= 11 is 0. The molecule has 1 heterocycles. The van der Waals surface area contributed by atoms with Gasteiger partial charge in [0.2, 0.25) is 0 Å². The largest absolute Gasteiger partial charge is 0.333 e. The number of aryl methyl sites for hydroxylation is 1. The average Bonchev–Trinajstić information content (AvgIpc) is 2.78. The van der Waals surface area contributed by atoms with Gasteiger partial charge in [0.15, 0.2) is 0 Å². The van der Waals surface area contributed by atoms with Gasteiger partial charge in [-0.05, 0) is 25.2 Å². The van der Waals surface area contributed by atoms with Crippen molar-refractivity contribution in [2.45, 2.75) is 64.5 Å². The molecule has 0 spiro atoms. The smallest absolute Gasteiger partial charge is 0.108 e. The Hall–Kier alpha value is -0.830. The Morgan fingerprint density at radius 2 is 2.18 bits per heavy atom. The van der Waals surface area contributed by atoms with Gasteiger partial charge in [-0.1, -0.05) is 26.2 Å². The Kier molecular flexibility index (Phi) is 4.60. The zero-order chi connectivity index (χ0) is 12.1. The second-order valence-corrected chi connectivity index (χ2v) is 5.31. The van der Waals surface area contributed by atoms with E-state index in [0.29, 0.717) is 6.04 Å². The Balaban J connectivity index is 1.92. The third kappa shape index (κ3) is 3.32. The van der Waals surface area contributed by atoms with Gasteiger partial charge in [-0.15, -0.1) is 0 Å². The van der Waals surface area contributed by atoms with E-state index in [9.17, 15) is 0 Å². The van der Waals surface area contributed by atoms with Gasteiger partial charge in [-0.3, -0.25) is 0 Å². The molecule has 96 valence electrons. The lowest BCUT2D eigenvalue weighted by atomic mass is 9.84. The highest BCUT2D eigenvalue weighted by Crippen LogP contribution is 2.26. The molecular formula is C14H25N3. The topological polar surface area (TPSA) is 43.8 Å². The zero-order valence-corrected chi connectivity index (χ0v) is 10.9. The minimum atomic E-state index is 0.306. The van der Waals surface area contributed by atoms with Crippen molar-refractivity contribution in [1.82, 2.24) is 9.55 Å². The van der Waals surface area contributed by atoms with Crippen LogP contribution < -0.4 is 5.73 Å². The third-order valence-electron chi connectivity index (χ3n) is 3.94. The maximum Gasteiger partial charge on any atom is 0.108 e. The van der Waals surface area contributed by atoms with E-state index in [1.165, 1.54) is 37.9 Å². The summed E-state index contributed by atoms with van der Waals surface area (Å²) in [6.45, 7) is 3.14. The van der Waals surface area contributed by atoms with Crippen LogP contribution in [-0.2, 0) is 13.0 Å². The highest BCUT2D eigenvalue weighted by atomic mass is 15.1. The van der Waals surface area contributed by atoms with Crippen LogP contribution in [0, 0.1) is 5.92 Å². The number of rotatable bonds is 5. The summed E-state index contributed by atoms with van der Waals surface area (Å²) in [5.41, 5.74) is 6.36. The number of hydrogen-bond acceptors (Lipinski definition) is 2. The minimum absolute atomic E-state index is 0.306. The van der Waals surface area contributed by atoms with Crippen LogP contribution in [0.15, 0.2) is 12.4 Å². The summed E-state index contributed by atoms with van der Waals surface area (Å²) in [4.78, 5) is 4.41. The van der Waals surface area contributed by atoms with Crippen LogP contribution >= 0.6 is 0 Å². The zero-order valence-electron chi connectivity index (χ0n) is 10.9. The van der Waals surface area contributed by atoms with Gasteiger partial charge in [0.25, 0.3) is 0 Å². The molecule has 3 heteroatoms. The summed E-state index contributed by atoms with van der Waals surface area (Å²) in [6.07, 6.45) is 13.0. The van der Waals surface area contributed by atoms with Gasteiger partial charge < -0.3 is 10.3 Å². The number of nitrogens with zero attached hydrogens (tertiary/aromatic N) is 2. The molecule has 0 amide bonds. The first-order valence-electron chi connectivity index (χ1n) is 7.07. The number of hydrogen-bond donors (Lipinski definition) is 1. The van der Waals surface area contributed by atoms with Crippen LogP contribution in [0.5, 0.6) is 0 Å². The normalized spacial score (nSPS) is 19.4. The molecule has 0 saturated heterocycles. The van der Waals surface area contributed by atoms with Crippen LogP contribution in [0.25, 0.3) is 0 Å². The van der Waals surface area contributed by atoms with Gasteiger partial charge in [-0.2, -0.15) is 0 Å². The van der Waals surface area contributed by atoms with Crippen molar-refractivity contribution in [2.24, 2.45) is 11.7 Å². The molecular weight excluding hydrogens is 210 g/mol. The van der Waals surface area contributed by atoms with E-state index in [4.69, 9.17) is 5.73 Å². The van der Waals surface area contributed by atoms with Crippen molar-refractivity contribution in [3.63, 3.8) is 0 Å². The standard InChI is InChI=1S/C14H25N3/c1-2-6-14-16-9-10-17(14)11-13(15)12-7-4-3-5-8-12/h9-10,12-13H,2-8,11,15H2,1H3.